The van der Waals surface area contributed by atoms with E-state index >= 15 is 0 Å². The summed E-state index contributed by atoms with van der Waals surface area (Å²) >= 11 is 1.49. The molecule has 2 N–H and O–H groups in total. The van der Waals surface area contributed by atoms with E-state index in [1.165, 1.54) is 42.6 Å². The first kappa shape index (κ1) is 17.2. The molecule has 6 heteroatoms. The van der Waals surface area contributed by atoms with Crippen molar-refractivity contribution in [1.29, 1.82) is 0 Å². The van der Waals surface area contributed by atoms with Crippen LogP contribution in [0.3, 0.4) is 0 Å². The number of thiazole rings is 1. The zero-order valence-electron chi connectivity index (χ0n) is 15.0. The molecule has 5 nitrogen and oxygen atoms in total. The second-order valence-corrected chi connectivity index (χ2v) is 7.92. The molecule has 0 bridgehead atoms. The maximum absolute atomic E-state index is 12.5. The van der Waals surface area contributed by atoms with Crippen molar-refractivity contribution in [3.63, 3.8) is 0 Å². The Kier molecular flexibility index (Phi) is 5.04. The van der Waals surface area contributed by atoms with Crippen LogP contribution in [0.15, 0.2) is 29.6 Å². The number of amides is 1. The SMILES string of the molecule is Cc1ccc2[nH]c(C(=O)Nc3nc(CN4CCCCCC4)cs3)cc2c1. The van der Waals surface area contributed by atoms with Crippen LogP contribution >= 0.6 is 11.3 Å². The van der Waals surface area contributed by atoms with Gasteiger partial charge in [0.15, 0.2) is 5.13 Å². The molecule has 136 valence electrons. The second-order valence-electron chi connectivity index (χ2n) is 7.06. The van der Waals surface area contributed by atoms with Crippen LogP contribution in [0.25, 0.3) is 10.9 Å². The number of benzene rings is 1. The summed E-state index contributed by atoms with van der Waals surface area (Å²) in [5.74, 6) is -0.144. The zero-order valence-corrected chi connectivity index (χ0v) is 15.9. The van der Waals surface area contributed by atoms with Crippen LogP contribution in [0, 0.1) is 6.92 Å². The Morgan fingerprint density at radius 1 is 1.23 bits per heavy atom. The van der Waals surface area contributed by atoms with Gasteiger partial charge in [-0.3, -0.25) is 15.0 Å². The summed E-state index contributed by atoms with van der Waals surface area (Å²) in [6, 6.07) is 8.01. The van der Waals surface area contributed by atoms with Crippen LogP contribution < -0.4 is 5.32 Å². The summed E-state index contributed by atoms with van der Waals surface area (Å²) < 4.78 is 0. The van der Waals surface area contributed by atoms with Crippen molar-refractivity contribution >= 4 is 33.3 Å². The summed E-state index contributed by atoms with van der Waals surface area (Å²) in [4.78, 5) is 22.8. The Hall–Kier alpha value is -2.18. The molecule has 1 aliphatic heterocycles. The van der Waals surface area contributed by atoms with Crippen molar-refractivity contribution in [1.82, 2.24) is 14.9 Å². The minimum Gasteiger partial charge on any atom is -0.351 e. The quantitative estimate of drug-likeness (QED) is 0.709. The third-order valence-corrected chi connectivity index (χ3v) is 5.68. The molecule has 0 saturated carbocycles. The zero-order chi connectivity index (χ0) is 17.9. The van der Waals surface area contributed by atoms with E-state index in [9.17, 15) is 4.79 Å². The molecule has 4 rings (SSSR count). The summed E-state index contributed by atoms with van der Waals surface area (Å²) in [6.45, 7) is 5.22. The highest BCUT2D eigenvalue weighted by atomic mass is 32.1. The highest BCUT2D eigenvalue weighted by Gasteiger charge is 2.14. The third-order valence-electron chi connectivity index (χ3n) is 4.88. The number of nitrogens with zero attached hydrogens (tertiary/aromatic N) is 2. The minimum absolute atomic E-state index is 0.144. The molecule has 1 amide bonds. The van der Waals surface area contributed by atoms with E-state index in [0.29, 0.717) is 10.8 Å². The Bertz CT molecular complexity index is 906. The van der Waals surface area contributed by atoms with Crippen LogP contribution in [0.5, 0.6) is 0 Å². The Labute approximate surface area is 157 Å². The maximum Gasteiger partial charge on any atom is 0.273 e. The Morgan fingerprint density at radius 2 is 2.04 bits per heavy atom. The van der Waals surface area contributed by atoms with Crippen LogP contribution in [-0.4, -0.2) is 33.9 Å². The number of carbonyl (C=O) groups is 1. The van der Waals surface area contributed by atoms with Crippen LogP contribution in [0.2, 0.25) is 0 Å². The lowest BCUT2D eigenvalue weighted by molar-refractivity contribution is 0.102. The molecular weight excluding hydrogens is 344 g/mol. The van der Waals surface area contributed by atoms with Crippen molar-refractivity contribution < 1.29 is 4.79 Å². The minimum atomic E-state index is -0.144. The number of aromatic amines is 1. The fraction of sp³-hybridized carbons (Fsp3) is 0.400. The number of rotatable bonds is 4. The number of aromatic nitrogens is 2. The van der Waals surface area contributed by atoms with Gasteiger partial charge in [-0.1, -0.05) is 24.5 Å². The van der Waals surface area contributed by atoms with E-state index in [2.05, 4.69) is 31.6 Å². The van der Waals surface area contributed by atoms with E-state index in [1.54, 1.807) is 0 Å². The third kappa shape index (κ3) is 3.97. The van der Waals surface area contributed by atoms with E-state index in [1.807, 2.05) is 25.1 Å². The van der Waals surface area contributed by atoms with Gasteiger partial charge in [0.25, 0.3) is 5.91 Å². The summed E-state index contributed by atoms with van der Waals surface area (Å²) in [7, 11) is 0. The largest absolute Gasteiger partial charge is 0.351 e. The number of H-pyrrole nitrogens is 1. The molecule has 1 aromatic carbocycles. The number of carbonyl (C=O) groups excluding carboxylic acids is 1. The van der Waals surface area contributed by atoms with E-state index in [0.717, 1.165) is 36.2 Å². The molecule has 1 saturated heterocycles. The van der Waals surface area contributed by atoms with Crippen molar-refractivity contribution in [2.75, 3.05) is 18.4 Å². The van der Waals surface area contributed by atoms with Crippen molar-refractivity contribution in [3.8, 4) is 0 Å². The summed E-state index contributed by atoms with van der Waals surface area (Å²) in [6.07, 6.45) is 5.21. The van der Waals surface area contributed by atoms with Gasteiger partial charge in [0.05, 0.1) is 5.69 Å². The standard InChI is InChI=1S/C20H24N4OS/c1-14-6-7-17-15(10-14)11-18(22-17)19(25)23-20-21-16(13-26-20)12-24-8-4-2-3-5-9-24/h6-7,10-11,13,22H,2-5,8-9,12H2,1H3,(H,21,23,25). The van der Waals surface area contributed by atoms with Crippen LogP contribution in [0.1, 0.15) is 47.4 Å². The lowest BCUT2D eigenvalue weighted by atomic mass is 10.2. The van der Waals surface area contributed by atoms with E-state index < -0.39 is 0 Å². The first-order valence-electron chi connectivity index (χ1n) is 9.25. The van der Waals surface area contributed by atoms with Crippen LogP contribution in [0.4, 0.5) is 5.13 Å². The lowest BCUT2D eigenvalue weighted by Gasteiger charge is -2.17. The lowest BCUT2D eigenvalue weighted by Crippen LogP contribution is -2.24. The van der Waals surface area contributed by atoms with Gasteiger partial charge in [0.1, 0.15) is 5.69 Å². The fourth-order valence-corrected chi connectivity index (χ4v) is 4.20. The van der Waals surface area contributed by atoms with Gasteiger partial charge in [-0.15, -0.1) is 11.3 Å². The topological polar surface area (TPSA) is 61.0 Å². The van der Waals surface area contributed by atoms with Gasteiger partial charge in [-0.2, -0.15) is 0 Å². The maximum atomic E-state index is 12.5. The Morgan fingerprint density at radius 3 is 2.85 bits per heavy atom. The van der Waals surface area contributed by atoms with Crippen molar-refractivity contribution in [2.45, 2.75) is 39.2 Å². The average Bonchev–Trinajstić information content (AvgIpc) is 3.15. The molecule has 0 atom stereocenters. The van der Waals surface area contributed by atoms with Gasteiger partial charge < -0.3 is 4.98 Å². The first-order chi connectivity index (χ1) is 12.7. The number of aryl methyl sites for hydroxylation is 1. The number of likely N-dealkylation sites (tertiary alicyclic amines) is 1. The van der Waals surface area contributed by atoms with Gasteiger partial charge in [-0.25, -0.2) is 4.98 Å². The summed E-state index contributed by atoms with van der Waals surface area (Å²) in [5, 5.41) is 6.69. The van der Waals surface area contributed by atoms with Crippen LogP contribution in [-0.2, 0) is 6.54 Å². The molecule has 3 heterocycles. The second kappa shape index (κ2) is 7.60. The fourth-order valence-electron chi connectivity index (χ4n) is 3.50. The molecule has 0 spiro atoms. The first-order valence-corrected chi connectivity index (χ1v) is 10.1. The van der Waals surface area contributed by atoms with E-state index in [-0.39, 0.29) is 5.91 Å². The van der Waals surface area contributed by atoms with E-state index in [4.69, 9.17) is 0 Å². The summed E-state index contributed by atoms with van der Waals surface area (Å²) in [5.41, 5.74) is 3.76. The number of anilines is 1. The number of fused-ring (bicyclic) bond motifs is 1. The predicted molar refractivity (Wildman–Crippen MR) is 107 cm³/mol. The number of nitrogens with one attached hydrogen (secondary N) is 2. The number of hydrogen-bond donors (Lipinski definition) is 2. The molecule has 0 aliphatic carbocycles. The predicted octanol–water partition coefficient (Wildman–Crippen LogP) is 4.56. The smallest absolute Gasteiger partial charge is 0.273 e. The highest BCUT2D eigenvalue weighted by Crippen LogP contribution is 2.21. The molecule has 26 heavy (non-hydrogen) atoms. The number of hydrogen-bond acceptors (Lipinski definition) is 4. The van der Waals surface area contributed by atoms with Crippen molar-refractivity contribution in [3.05, 3.63) is 46.6 Å². The molecule has 0 radical (unpaired) electrons. The molecule has 2 aromatic heterocycles. The average molecular weight is 369 g/mol. The van der Waals surface area contributed by atoms with Gasteiger partial charge in [0, 0.05) is 22.8 Å². The normalized spacial score (nSPS) is 15.9. The van der Waals surface area contributed by atoms with Gasteiger partial charge >= 0.3 is 0 Å². The van der Waals surface area contributed by atoms with Gasteiger partial charge in [-0.05, 0) is 51.1 Å². The monoisotopic (exact) mass is 368 g/mol. The Balaban J connectivity index is 1.41. The molecule has 1 aliphatic rings. The molecular formula is C20H24N4OS. The van der Waals surface area contributed by atoms with Crippen molar-refractivity contribution in [2.24, 2.45) is 0 Å². The molecule has 3 aromatic rings. The highest BCUT2D eigenvalue weighted by molar-refractivity contribution is 7.13. The molecule has 0 unspecified atom stereocenters. The molecule has 1 fully saturated rings. The van der Waals surface area contributed by atoms with Gasteiger partial charge in [0.2, 0.25) is 0 Å².